The minimum atomic E-state index is -0.279. The zero-order valence-corrected chi connectivity index (χ0v) is 15.3. The monoisotopic (exact) mass is 380 g/mol. The molecule has 1 N–H and O–H groups in total. The summed E-state index contributed by atoms with van der Waals surface area (Å²) in [6, 6.07) is 9.10. The summed E-state index contributed by atoms with van der Waals surface area (Å²) in [7, 11) is 3.61. The van der Waals surface area contributed by atoms with E-state index in [1.165, 1.54) is 11.8 Å². The van der Waals surface area contributed by atoms with Crippen LogP contribution in [0.15, 0.2) is 52.8 Å². The number of nitrogens with one attached hydrogen (secondary N) is 1. The summed E-state index contributed by atoms with van der Waals surface area (Å²) in [5, 5.41) is 4.42. The number of anilines is 1. The third-order valence-corrected chi connectivity index (χ3v) is 5.46. The average molecular weight is 381 g/mol. The van der Waals surface area contributed by atoms with Crippen molar-refractivity contribution in [1.82, 2.24) is 14.1 Å². The third kappa shape index (κ3) is 3.31. The van der Waals surface area contributed by atoms with Gasteiger partial charge in [-0.1, -0.05) is 35.3 Å². The summed E-state index contributed by atoms with van der Waals surface area (Å²) < 4.78 is 3.47. The van der Waals surface area contributed by atoms with Crippen molar-refractivity contribution in [2.24, 2.45) is 14.1 Å². The number of carbonyl (C=O) groups excluding carboxylic acids is 1. The number of hydrogen-bond donors (Lipinski definition) is 1. The molecule has 5 nitrogen and oxygen atoms in total. The Morgan fingerprint density at radius 3 is 2.62 bits per heavy atom. The van der Waals surface area contributed by atoms with Gasteiger partial charge in [0.05, 0.1) is 10.7 Å². The highest BCUT2D eigenvalue weighted by molar-refractivity contribution is 7.99. The van der Waals surface area contributed by atoms with E-state index in [1.54, 1.807) is 23.9 Å². The van der Waals surface area contributed by atoms with Gasteiger partial charge in [0.1, 0.15) is 10.8 Å². The van der Waals surface area contributed by atoms with Crippen LogP contribution in [0.2, 0.25) is 10.2 Å². The second-order valence-corrected chi connectivity index (χ2v) is 6.87. The van der Waals surface area contributed by atoms with Crippen LogP contribution in [-0.2, 0) is 14.1 Å². The number of nitrogens with zero attached hydrogens (tertiary/aromatic N) is 3. The Labute approximate surface area is 153 Å². The molecule has 0 aliphatic carbocycles. The fraction of sp³-hybridized carbons (Fsp3) is 0.125. The molecule has 0 fully saturated rings. The number of aromatic nitrogens is 3. The number of amides is 1. The molecule has 1 aromatic carbocycles. The van der Waals surface area contributed by atoms with Crippen LogP contribution < -0.4 is 5.32 Å². The van der Waals surface area contributed by atoms with Gasteiger partial charge in [0.15, 0.2) is 5.16 Å². The van der Waals surface area contributed by atoms with Crippen molar-refractivity contribution in [3.05, 3.63) is 58.6 Å². The lowest BCUT2D eigenvalue weighted by molar-refractivity contribution is 0.101. The van der Waals surface area contributed by atoms with Gasteiger partial charge in [-0.15, -0.1) is 0 Å². The van der Waals surface area contributed by atoms with Gasteiger partial charge >= 0.3 is 0 Å². The molecule has 2 aromatic heterocycles. The molecule has 0 unspecified atom stereocenters. The van der Waals surface area contributed by atoms with Gasteiger partial charge in [0.25, 0.3) is 5.91 Å². The molecular formula is C16H14Cl2N4OS. The first-order valence-electron chi connectivity index (χ1n) is 7.03. The maximum Gasteiger partial charge on any atom is 0.272 e. The number of benzene rings is 1. The number of carbonyl (C=O) groups is 1. The largest absolute Gasteiger partial charge is 0.329 e. The number of halogens is 2. The Morgan fingerprint density at radius 2 is 2.00 bits per heavy atom. The molecule has 0 saturated heterocycles. The quantitative estimate of drug-likeness (QED) is 0.726. The van der Waals surface area contributed by atoms with Gasteiger partial charge in [-0.2, -0.15) is 0 Å². The van der Waals surface area contributed by atoms with Gasteiger partial charge in [0, 0.05) is 31.4 Å². The Morgan fingerprint density at radius 1 is 1.25 bits per heavy atom. The summed E-state index contributed by atoms with van der Waals surface area (Å²) in [5.41, 5.74) is 1.09. The van der Waals surface area contributed by atoms with Crippen LogP contribution in [-0.4, -0.2) is 20.0 Å². The van der Waals surface area contributed by atoms with E-state index in [-0.39, 0.29) is 5.91 Å². The van der Waals surface area contributed by atoms with Crippen molar-refractivity contribution in [3.63, 3.8) is 0 Å². The van der Waals surface area contributed by atoms with Gasteiger partial charge in [-0.05, 0) is 30.0 Å². The number of aryl methyl sites for hydroxylation is 1. The van der Waals surface area contributed by atoms with Crippen molar-refractivity contribution in [3.8, 4) is 0 Å². The zero-order valence-electron chi connectivity index (χ0n) is 13.0. The van der Waals surface area contributed by atoms with Crippen molar-refractivity contribution in [2.75, 3.05) is 5.32 Å². The fourth-order valence-electron chi connectivity index (χ4n) is 2.15. The van der Waals surface area contributed by atoms with Crippen LogP contribution in [0.5, 0.6) is 0 Å². The Bertz CT molecular complexity index is 903. The van der Waals surface area contributed by atoms with E-state index >= 15 is 0 Å². The Balaban J connectivity index is 1.86. The van der Waals surface area contributed by atoms with E-state index in [0.717, 1.165) is 10.1 Å². The topological polar surface area (TPSA) is 51.9 Å². The van der Waals surface area contributed by atoms with E-state index < -0.39 is 0 Å². The summed E-state index contributed by atoms with van der Waals surface area (Å²) >= 11 is 13.5. The molecule has 3 aromatic rings. The van der Waals surface area contributed by atoms with Crippen molar-refractivity contribution in [2.45, 2.75) is 10.1 Å². The van der Waals surface area contributed by atoms with Crippen LogP contribution >= 0.6 is 35.0 Å². The maximum atomic E-state index is 12.5. The average Bonchev–Trinajstić information content (AvgIpc) is 3.08. The van der Waals surface area contributed by atoms with Gasteiger partial charge < -0.3 is 14.5 Å². The minimum absolute atomic E-state index is 0.279. The molecular weight excluding hydrogens is 367 g/mol. The number of para-hydroxylation sites is 1. The SMILES string of the molecule is Cn1ccnc1Sc1ccccc1NC(=O)c1cc(Cl)c(Cl)n1C. The first kappa shape index (κ1) is 17.0. The smallest absolute Gasteiger partial charge is 0.272 e. The predicted molar refractivity (Wildman–Crippen MR) is 97.2 cm³/mol. The molecule has 8 heteroatoms. The highest BCUT2D eigenvalue weighted by atomic mass is 35.5. The fourth-order valence-corrected chi connectivity index (χ4v) is 3.42. The Kier molecular flexibility index (Phi) is 4.89. The molecule has 0 aliphatic rings. The number of hydrogen-bond acceptors (Lipinski definition) is 3. The van der Waals surface area contributed by atoms with E-state index in [4.69, 9.17) is 23.2 Å². The molecule has 2 heterocycles. The molecule has 0 atom stereocenters. The second kappa shape index (κ2) is 6.93. The van der Waals surface area contributed by atoms with E-state index in [9.17, 15) is 4.79 Å². The summed E-state index contributed by atoms with van der Waals surface area (Å²) in [6.07, 6.45) is 3.61. The molecule has 124 valence electrons. The lowest BCUT2D eigenvalue weighted by Crippen LogP contribution is -2.16. The summed E-state index contributed by atoms with van der Waals surface area (Å²) in [5.74, 6) is -0.279. The molecule has 3 rings (SSSR count). The highest BCUT2D eigenvalue weighted by Crippen LogP contribution is 2.33. The normalized spacial score (nSPS) is 10.8. The van der Waals surface area contributed by atoms with E-state index in [1.807, 2.05) is 42.1 Å². The maximum absolute atomic E-state index is 12.5. The first-order valence-corrected chi connectivity index (χ1v) is 8.61. The minimum Gasteiger partial charge on any atom is -0.329 e. The lowest BCUT2D eigenvalue weighted by atomic mass is 10.3. The van der Waals surface area contributed by atoms with E-state index in [0.29, 0.717) is 21.6 Å². The molecule has 0 radical (unpaired) electrons. The molecule has 0 saturated carbocycles. The van der Waals surface area contributed by atoms with Gasteiger partial charge in [-0.3, -0.25) is 4.79 Å². The second-order valence-electron chi connectivity index (χ2n) is 5.10. The van der Waals surface area contributed by atoms with Crippen molar-refractivity contribution in [1.29, 1.82) is 0 Å². The lowest BCUT2D eigenvalue weighted by Gasteiger charge is -2.11. The summed E-state index contributed by atoms with van der Waals surface area (Å²) in [6.45, 7) is 0. The first-order chi connectivity index (χ1) is 11.5. The van der Waals surface area contributed by atoms with Crippen molar-refractivity contribution >= 4 is 46.6 Å². The molecule has 24 heavy (non-hydrogen) atoms. The van der Waals surface area contributed by atoms with Crippen LogP contribution in [0, 0.1) is 0 Å². The van der Waals surface area contributed by atoms with Crippen LogP contribution in [0.4, 0.5) is 5.69 Å². The highest BCUT2D eigenvalue weighted by Gasteiger charge is 2.17. The standard InChI is InChI=1S/C16H14Cl2N4OS/c1-21-8-7-19-16(21)24-13-6-4-3-5-11(13)20-15(23)12-9-10(17)14(18)22(12)2/h3-9H,1-2H3,(H,20,23). The third-order valence-electron chi connectivity index (χ3n) is 3.46. The zero-order chi connectivity index (χ0) is 17.3. The number of rotatable bonds is 4. The molecule has 0 bridgehead atoms. The van der Waals surface area contributed by atoms with Crippen LogP contribution in [0.1, 0.15) is 10.5 Å². The molecule has 0 spiro atoms. The summed E-state index contributed by atoms with van der Waals surface area (Å²) in [4.78, 5) is 17.7. The number of imidazole rings is 1. The predicted octanol–water partition coefficient (Wildman–Crippen LogP) is 4.47. The van der Waals surface area contributed by atoms with Crippen LogP contribution in [0.3, 0.4) is 0 Å². The van der Waals surface area contributed by atoms with Crippen molar-refractivity contribution < 1.29 is 4.79 Å². The van der Waals surface area contributed by atoms with E-state index in [2.05, 4.69) is 10.3 Å². The van der Waals surface area contributed by atoms with Gasteiger partial charge in [0.2, 0.25) is 0 Å². The molecule has 1 amide bonds. The Hall–Kier alpha value is -1.89. The van der Waals surface area contributed by atoms with Crippen LogP contribution in [0.25, 0.3) is 0 Å². The molecule has 0 aliphatic heterocycles. The van der Waals surface area contributed by atoms with Gasteiger partial charge in [-0.25, -0.2) is 4.98 Å².